The second kappa shape index (κ2) is 4.52. The van der Waals surface area contributed by atoms with Gasteiger partial charge in [0, 0.05) is 5.39 Å². The summed E-state index contributed by atoms with van der Waals surface area (Å²) in [5, 5.41) is 0.747. The van der Waals surface area contributed by atoms with Crippen LogP contribution in [0.3, 0.4) is 0 Å². The molecule has 112 valence electrons. The highest BCUT2D eigenvalue weighted by Crippen LogP contribution is 2.46. The zero-order valence-corrected chi connectivity index (χ0v) is 11.9. The van der Waals surface area contributed by atoms with Gasteiger partial charge < -0.3 is 4.42 Å². The third-order valence-corrected chi connectivity index (χ3v) is 5.24. The number of hydrogen-bond acceptors (Lipinski definition) is 3. The summed E-state index contributed by atoms with van der Waals surface area (Å²) in [5.41, 5.74) is 0.107. The molecule has 0 aliphatic carbocycles. The highest BCUT2D eigenvalue weighted by Gasteiger charge is 2.45. The van der Waals surface area contributed by atoms with Gasteiger partial charge >= 0.3 is 11.8 Å². The number of fused-ring (bicyclic) bond motifs is 5. The molecule has 1 aliphatic heterocycles. The molecule has 1 aromatic heterocycles. The van der Waals surface area contributed by atoms with E-state index < -0.39 is 17.1 Å². The lowest BCUT2D eigenvalue weighted by Gasteiger charge is -2.12. The molecule has 0 radical (unpaired) electrons. The molecule has 0 amide bonds. The summed E-state index contributed by atoms with van der Waals surface area (Å²) in [4.78, 5) is 12.1. The largest absolute Gasteiger partial charge is 0.422 e. The summed E-state index contributed by atoms with van der Waals surface area (Å²) >= 11 is 0.562. The van der Waals surface area contributed by atoms with Crippen LogP contribution in [0.2, 0.25) is 0 Å². The quantitative estimate of drug-likeness (QED) is 0.450. The molecule has 22 heavy (non-hydrogen) atoms. The number of rotatable bonds is 0. The lowest BCUT2D eigenvalue weighted by molar-refractivity contribution is -0.127. The van der Waals surface area contributed by atoms with Crippen LogP contribution in [0.4, 0.5) is 13.2 Å². The van der Waals surface area contributed by atoms with Crippen molar-refractivity contribution < 1.29 is 17.6 Å². The van der Waals surface area contributed by atoms with Crippen molar-refractivity contribution in [2.24, 2.45) is 0 Å². The van der Waals surface area contributed by atoms with Gasteiger partial charge in [0.2, 0.25) is 0 Å². The molecule has 0 saturated carbocycles. The van der Waals surface area contributed by atoms with E-state index in [2.05, 4.69) is 0 Å². The Bertz CT molecular complexity index is 959. The molecule has 0 saturated heterocycles. The molecule has 2 nitrogen and oxygen atoms in total. The maximum atomic E-state index is 13.0. The van der Waals surface area contributed by atoms with Crippen LogP contribution in [0.25, 0.3) is 21.7 Å². The summed E-state index contributed by atoms with van der Waals surface area (Å²) in [6.07, 6.45) is -4.54. The van der Waals surface area contributed by atoms with Crippen LogP contribution in [0, 0.1) is 0 Å². The fraction of sp³-hybridized carbons (Fsp3) is 0.188. The second-order valence-electron chi connectivity index (χ2n) is 5.21. The van der Waals surface area contributed by atoms with E-state index in [0.717, 1.165) is 10.8 Å². The normalized spacial score (nSPS) is 18.0. The Balaban J connectivity index is 2.08. The number of halogens is 3. The summed E-state index contributed by atoms with van der Waals surface area (Å²) in [6, 6.07) is 10.9. The van der Waals surface area contributed by atoms with E-state index in [4.69, 9.17) is 4.42 Å². The molecule has 0 fully saturated rings. The first-order valence-corrected chi connectivity index (χ1v) is 7.54. The average molecular weight is 322 g/mol. The van der Waals surface area contributed by atoms with E-state index >= 15 is 0 Å². The van der Waals surface area contributed by atoms with Crippen molar-refractivity contribution in [1.82, 2.24) is 0 Å². The lowest BCUT2D eigenvalue weighted by Crippen LogP contribution is -2.24. The van der Waals surface area contributed by atoms with Gasteiger partial charge in [0.05, 0.1) is 4.90 Å². The van der Waals surface area contributed by atoms with Gasteiger partial charge in [-0.15, -0.1) is 11.8 Å². The molecular formula is C16H9F3O2S. The van der Waals surface area contributed by atoms with E-state index in [1.165, 1.54) is 0 Å². The first-order chi connectivity index (χ1) is 10.4. The van der Waals surface area contributed by atoms with Crippen LogP contribution in [-0.4, -0.2) is 11.4 Å². The summed E-state index contributed by atoms with van der Waals surface area (Å²) in [5.74, 6) is 0. The van der Waals surface area contributed by atoms with Gasteiger partial charge in [-0.3, -0.25) is 0 Å². The topological polar surface area (TPSA) is 30.2 Å². The van der Waals surface area contributed by atoms with E-state index in [0.29, 0.717) is 28.3 Å². The Labute approximate surface area is 126 Å². The third-order valence-electron chi connectivity index (χ3n) is 3.87. The van der Waals surface area contributed by atoms with Gasteiger partial charge in [-0.2, -0.15) is 13.2 Å². The smallest absolute Gasteiger partial charge is 0.401 e. The highest BCUT2D eigenvalue weighted by molar-refractivity contribution is 8.00. The van der Waals surface area contributed by atoms with Gasteiger partial charge in [-0.25, -0.2) is 4.79 Å². The molecule has 3 aromatic rings. The predicted molar refractivity (Wildman–Crippen MR) is 79.4 cm³/mol. The Hall–Kier alpha value is -1.95. The first kappa shape index (κ1) is 13.7. The fourth-order valence-corrected chi connectivity index (χ4v) is 4.03. The molecule has 1 aliphatic rings. The van der Waals surface area contributed by atoms with Gasteiger partial charge in [0.25, 0.3) is 0 Å². The molecule has 0 spiro atoms. The Kier molecular flexibility index (Phi) is 2.81. The van der Waals surface area contributed by atoms with Crippen LogP contribution < -0.4 is 5.63 Å². The average Bonchev–Trinajstić information content (AvgIpc) is 2.93. The number of hydrogen-bond donors (Lipinski definition) is 0. The van der Waals surface area contributed by atoms with Gasteiger partial charge in [0.1, 0.15) is 10.8 Å². The molecule has 6 heteroatoms. The van der Waals surface area contributed by atoms with E-state index in [9.17, 15) is 18.0 Å². The first-order valence-electron chi connectivity index (χ1n) is 6.66. The standard InChI is InChI=1S/C16H9F3O2S/c17-16(18,19)12-7-10-13-9-4-2-1-3-8(9)5-6-11(13)21-15(20)14(10)22-12/h1-6,12H,7H2/t12-/m0/s1. The number of thioether (sulfide) groups is 1. The van der Waals surface area contributed by atoms with Gasteiger partial charge in [0.15, 0.2) is 0 Å². The SMILES string of the molecule is O=c1oc2ccc3ccccc3c2c2c1S[C@H](C(F)(F)F)C2. The minimum absolute atomic E-state index is 0.0891. The maximum absolute atomic E-state index is 13.0. The lowest BCUT2D eigenvalue weighted by atomic mass is 9.99. The molecule has 4 rings (SSSR count). The minimum atomic E-state index is -4.34. The van der Waals surface area contributed by atoms with Crippen LogP contribution in [0.1, 0.15) is 5.56 Å². The van der Waals surface area contributed by atoms with Gasteiger partial charge in [-0.05, 0) is 28.8 Å². The Morgan fingerprint density at radius 2 is 1.91 bits per heavy atom. The molecule has 1 atom stereocenters. The van der Waals surface area contributed by atoms with Crippen molar-refractivity contribution in [3.05, 3.63) is 52.4 Å². The summed E-state index contributed by atoms with van der Waals surface area (Å²) in [6.45, 7) is 0. The van der Waals surface area contributed by atoms with E-state index in [1.54, 1.807) is 12.1 Å². The van der Waals surface area contributed by atoms with Crippen molar-refractivity contribution in [2.45, 2.75) is 22.7 Å². The van der Waals surface area contributed by atoms with E-state index in [-0.39, 0.29) is 11.3 Å². The maximum Gasteiger partial charge on any atom is 0.401 e. The predicted octanol–water partition coefficient (Wildman–Crippen LogP) is 4.53. The van der Waals surface area contributed by atoms with Crippen molar-refractivity contribution in [3.8, 4) is 0 Å². The van der Waals surface area contributed by atoms with Crippen LogP contribution in [-0.2, 0) is 6.42 Å². The van der Waals surface area contributed by atoms with Crippen molar-refractivity contribution >= 4 is 33.5 Å². The highest BCUT2D eigenvalue weighted by atomic mass is 32.2. The van der Waals surface area contributed by atoms with Crippen molar-refractivity contribution in [3.63, 3.8) is 0 Å². The van der Waals surface area contributed by atoms with Crippen molar-refractivity contribution in [2.75, 3.05) is 0 Å². The minimum Gasteiger partial charge on any atom is -0.422 e. The Morgan fingerprint density at radius 3 is 2.68 bits per heavy atom. The second-order valence-corrected chi connectivity index (χ2v) is 6.42. The van der Waals surface area contributed by atoms with Crippen molar-refractivity contribution in [1.29, 1.82) is 0 Å². The van der Waals surface area contributed by atoms with E-state index in [1.807, 2.05) is 24.3 Å². The molecule has 0 bridgehead atoms. The van der Waals surface area contributed by atoms with Crippen LogP contribution in [0.5, 0.6) is 0 Å². The molecule has 2 aromatic carbocycles. The molecule has 0 unspecified atom stereocenters. The molecule has 0 N–H and O–H groups in total. The summed E-state index contributed by atoms with van der Waals surface area (Å²) < 4.78 is 44.3. The monoisotopic (exact) mass is 322 g/mol. The van der Waals surface area contributed by atoms with Crippen LogP contribution in [0.15, 0.2) is 50.5 Å². The van der Waals surface area contributed by atoms with Crippen LogP contribution >= 0.6 is 11.8 Å². The number of alkyl halides is 3. The zero-order valence-electron chi connectivity index (χ0n) is 11.1. The van der Waals surface area contributed by atoms with Gasteiger partial charge in [-0.1, -0.05) is 30.3 Å². The summed E-state index contributed by atoms with van der Waals surface area (Å²) in [7, 11) is 0. The zero-order chi connectivity index (χ0) is 15.5. The fourth-order valence-electron chi connectivity index (χ4n) is 2.90. The molecule has 2 heterocycles. The third kappa shape index (κ3) is 1.94. The molecular weight excluding hydrogens is 313 g/mol. The Morgan fingerprint density at radius 1 is 1.14 bits per heavy atom. The number of benzene rings is 2.